The number of amides is 1. The zero-order valence-electron chi connectivity index (χ0n) is 14.7. The third-order valence-corrected chi connectivity index (χ3v) is 7.54. The van der Waals surface area contributed by atoms with E-state index in [-0.39, 0.29) is 22.6 Å². The van der Waals surface area contributed by atoms with Crippen molar-refractivity contribution in [2.24, 2.45) is 16.7 Å². The SMILES string of the molecule is [C-]#[N+]C1=C2C(CC(Cl)C1(C)C=C)C(C)(C)C21C(=O)Nc2ccccc21. The number of carbonyl (C=O) groups is 1. The summed E-state index contributed by atoms with van der Waals surface area (Å²) in [7, 11) is 0. The summed E-state index contributed by atoms with van der Waals surface area (Å²) in [4.78, 5) is 17.1. The fraction of sp³-hybridized carbons (Fsp3) is 0.429. The Morgan fingerprint density at radius 3 is 2.68 bits per heavy atom. The number of para-hydroxylation sites is 1. The smallest absolute Gasteiger partial charge is 0.238 e. The molecule has 128 valence electrons. The Kier molecular flexibility index (Phi) is 3.13. The molecule has 1 heterocycles. The van der Waals surface area contributed by atoms with E-state index in [0.717, 1.165) is 23.2 Å². The van der Waals surface area contributed by atoms with E-state index < -0.39 is 10.8 Å². The molecule has 2 aliphatic carbocycles. The number of nitrogens with zero attached hydrogens (tertiary/aromatic N) is 1. The Morgan fingerprint density at radius 1 is 1.36 bits per heavy atom. The second-order valence-electron chi connectivity index (χ2n) is 8.09. The number of carbonyl (C=O) groups excluding carboxylic acids is 1. The predicted octanol–water partition coefficient (Wildman–Crippen LogP) is 4.91. The van der Waals surface area contributed by atoms with E-state index in [1.807, 2.05) is 31.2 Å². The van der Waals surface area contributed by atoms with Crippen molar-refractivity contribution in [3.63, 3.8) is 0 Å². The van der Waals surface area contributed by atoms with Crippen molar-refractivity contribution in [3.05, 3.63) is 65.2 Å². The van der Waals surface area contributed by atoms with Crippen molar-refractivity contribution in [1.29, 1.82) is 0 Å². The first kappa shape index (κ1) is 16.4. The zero-order chi connectivity index (χ0) is 18.2. The lowest BCUT2D eigenvalue weighted by molar-refractivity contribution is -0.131. The van der Waals surface area contributed by atoms with E-state index in [2.05, 4.69) is 30.6 Å². The highest BCUT2D eigenvalue weighted by molar-refractivity contribution is 6.22. The number of allylic oxidation sites excluding steroid dienone is 1. The van der Waals surface area contributed by atoms with E-state index >= 15 is 0 Å². The molecule has 3 aliphatic rings. The van der Waals surface area contributed by atoms with Gasteiger partial charge in [-0.15, -0.1) is 18.2 Å². The minimum atomic E-state index is -0.782. The third kappa shape index (κ3) is 1.56. The Bertz CT molecular complexity index is 893. The Hall–Kier alpha value is -2.05. The van der Waals surface area contributed by atoms with Crippen LogP contribution in [0.4, 0.5) is 5.69 Å². The molecule has 1 spiro atoms. The number of alkyl halides is 1. The van der Waals surface area contributed by atoms with Gasteiger partial charge in [0.15, 0.2) is 5.70 Å². The van der Waals surface area contributed by atoms with Crippen LogP contribution in [0.25, 0.3) is 4.85 Å². The average molecular weight is 353 g/mol. The standard InChI is InChI=1S/C21H21ClN2O/c1-6-20(4)15(22)11-13-16(17(20)23-5)21(19(13,2)3)12-9-7-8-10-14(12)24-18(21)25/h6-10,13,15H,1,11H2,2-4H3,(H,24,25). The summed E-state index contributed by atoms with van der Waals surface area (Å²) >= 11 is 6.70. The molecule has 4 atom stereocenters. The third-order valence-electron chi connectivity index (χ3n) is 6.90. The molecule has 0 saturated heterocycles. The number of hydrogen-bond acceptors (Lipinski definition) is 1. The Morgan fingerprint density at radius 2 is 2.04 bits per heavy atom. The van der Waals surface area contributed by atoms with Crippen molar-refractivity contribution in [1.82, 2.24) is 0 Å². The van der Waals surface area contributed by atoms with Crippen molar-refractivity contribution in [3.8, 4) is 0 Å². The number of hydrogen-bond donors (Lipinski definition) is 1. The normalized spacial score (nSPS) is 37.6. The van der Waals surface area contributed by atoms with Gasteiger partial charge in [-0.3, -0.25) is 4.79 Å². The van der Waals surface area contributed by atoms with Crippen molar-refractivity contribution in [2.45, 2.75) is 38.0 Å². The summed E-state index contributed by atoms with van der Waals surface area (Å²) < 4.78 is 0. The highest BCUT2D eigenvalue weighted by Crippen LogP contribution is 2.73. The van der Waals surface area contributed by atoms with E-state index in [1.165, 1.54) is 0 Å². The molecule has 1 saturated carbocycles. The maximum Gasteiger partial charge on any atom is 0.238 e. The summed E-state index contributed by atoms with van der Waals surface area (Å²) in [5.74, 6) is 0.106. The van der Waals surface area contributed by atoms with Crippen molar-refractivity contribution >= 4 is 23.2 Å². The fourth-order valence-electron chi connectivity index (χ4n) is 5.37. The van der Waals surface area contributed by atoms with Gasteiger partial charge in [-0.1, -0.05) is 45.0 Å². The first-order chi connectivity index (χ1) is 11.8. The van der Waals surface area contributed by atoms with Crippen molar-refractivity contribution in [2.75, 3.05) is 5.32 Å². The Labute approximate surface area is 153 Å². The van der Waals surface area contributed by atoms with Crippen LogP contribution in [0.1, 0.15) is 32.8 Å². The highest BCUT2D eigenvalue weighted by Gasteiger charge is 2.73. The van der Waals surface area contributed by atoms with Gasteiger partial charge in [0.2, 0.25) is 5.91 Å². The first-order valence-electron chi connectivity index (χ1n) is 8.58. The summed E-state index contributed by atoms with van der Waals surface area (Å²) in [5, 5.41) is 2.85. The molecule has 4 rings (SSSR count). The van der Waals surface area contributed by atoms with Crippen LogP contribution < -0.4 is 5.32 Å². The number of halogens is 1. The molecule has 4 heteroatoms. The highest BCUT2D eigenvalue weighted by atomic mass is 35.5. The molecular weight excluding hydrogens is 332 g/mol. The van der Waals surface area contributed by atoms with Crippen LogP contribution in [-0.2, 0) is 10.2 Å². The van der Waals surface area contributed by atoms with E-state index in [9.17, 15) is 4.79 Å². The van der Waals surface area contributed by atoms with Gasteiger partial charge in [-0.05, 0) is 35.0 Å². The largest absolute Gasteiger partial charge is 0.325 e. The summed E-state index contributed by atoms with van der Waals surface area (Å²) in [5.41, 5.74) is 1.69. The van der Waals surface area contributed by atoms with Crippen molar-refractivity contribution < 1.29 is 4.79 Å². The van der Waals surface area contributed by atoms with Gasteiger partial charge in [-0.2, -0.15) is 0 Å². The zero-order valence-corrected chi connectivity index (χ0v) is 15.4. The molecule has 1 aromatic carbocycles. The van der Waals surface area contributed by atoms with E-state index in [1.54, 1.807) is 6.08 Å². The molecule has 1 aliphatic heterocycles. The van der Waals surface area contributed by atoms with Gasteiger partial charge < -0.3 is 5.32 Å². The maximum absolute atomic E-state index is 13.2. The lowest BCUT2D eigenvalue weighted by Gasteiger charge is -2.65. The number of nitrogens with one attached hydrogen (secondary N) is 1. The fourth-order valence-corrected chi connectivity index (χ4v) is 5.74. The van der Waals surface area contributed by atoms with Gasteiger partial charge in [-0.25, -0.2) is 4.85 Å². The molecular formula is C21H21ClN2O. The van der Waals surface area contributed by atoms with Crippen LogP contribution in [0.2, 0.25) is 0 Å². The van der Waals surface area contributed by atoms with Crippen LogP contribution in [0.5, 0.6) is 0 Å². The first-order valence-corrected chi connectivity index (χ1v) is 9.01. The molecule has 0 bridgehead atoms. The summed E-state index contributed by atoms with van der Waals surface area (Å²) in [6, 6.07) is 7.83. The molecule has 25 heavy (non-hydrogen) atoms. The summed E-state index contributed by atoms with van der Waals surface area (Å²) in [6.07, 6.45) is 2.53. The maximum atomic E-state index is 13.2. The average Bonchev–Trinajstić information content (AvgIpc) is 2.91. The number of benzene rings is 1. The van der Waals surface area contributed by atoms with Gasteiger partial charge in [0.25, 0.3) is 0 Å². The second-order valence-corrected chi connectivity index (χ2v) is 8.61. The number of fused-ring (bicyclic) bond motifs is 4. The molecule has 1 aromatic rings. The molecule has 0 radical (unpaired) electrons. The minimum absolute atomic E-state index is 0.0227. The van der Waals surface area contributed by atoms with E-state index in [4.69, 9.17) is 18.2 Å². The summed E-state index contributed by atoms with van der Waals surface area (Å²) in [6.45, 7) is 18.0. The van der Waals surface area contributed by atoms with Gasteiger partial charge in [0, 0.05) is 16.5 Å². The molecule has 4 unspecified atom stereocenters. The van der Waals surface area contributed by atoms with E-state index in [0.29, 0.717) is 5.70 Å². The van der Waals surface area contributed by atoms with Crippen LogP contribution >= 0.6 is 11.6 Å². The van der Waals surface area contributed by atoms with Gasteiger partial charge >= 0.3 is 0 Å². The lowest BCUT2D eigenvalue weighted by Crippen LogP contribution is -2.67. The molecule has 1 N–H and O–H groups in total. The van der Waals surface area contributed by atoms with Crippen LogP contribution in [0.15, 0.2) is 48.2 Å². The molecule has 3 nitrogen and oxygen atoms in total. The topological polar surface area (TPSA) is 33.5 Å². The minimum Gasteiger partial charge on any atom is -0.325 e. The monoisotopic (exact) mass is 352 g/mol. The number of rotatable bonds is 1. The molecule has 1 amide bonds. The van der Waals surface area contributed by atoms with Crippen LogP contribution in [0.3, 0.4) is 0 Å². The number of anilines is 1. The molecule has 0 aromatic heterocycles. The van der Waals surface area contributed by atoms with Crippen LogP contribution in [-0.4, -0.2) is 11.3 Å². The lowest BCUT2D eigenvalue weighted by atomic mass is 9.37. The predicted molar refractivity (Wildman–Crippen MR) is 100 cm³/mol. The molecule has 1 fully saturated rings. The van der Waals surface area contributed by atoms with Gasteiger partial charge in [0.1, 0.15) is 0 Å². The second kappa shape index (κ2) is 4.77. The quantitative estimate of drug-likeness (QED) is 0.435. The van der Waals surface area contributed by atoms with Crippen LogP contribution in [0, 0.1) is 23.3 Å². The van der Waals surface area contributed by atoms with Gasteiger partial charge in [0.05, 0.1) is 12.0 Å². The Balaban J connectivity index is 2.09.